The Labute approximate surface area is 385 Å². The molecule has 318 valence electrons. The first-order chi connectivity index (χ1) is 31.5. The summed E-state index contributed by atoms with van der Waals surface area (Å²) >= 11 is 0. The summed E-state index contributed by atoms with van der Waals surface area (Å²) in [5.41, 5.74) is 24.9. The highest BCUT2D eigenvalue weighted by Crippen LogP contribution is 2.80. The van der Waals surface area contributed by atoms with E-state index in [-0.39, 0.29) is 33.8 Å². The van der Waals surface area contributed by atoms with Crippen molar-refractivity contribution in [1.82, 2.24) is 0 Å². The minimum Gasteiger partial charge on any atom is -0.311 e. The summed E-state index contributed by atoms with van der Waals surface area (Å²) in [5.74, 6) is 1.46. The predicted molar refractivity (Wildman–Crippen MR) is 271 cm³/mol. The van der Waals surface area contributed by atoms with Crippen molar-refractivity contribution in [3.8, 4) is 22.3 Å². The SMILES string of the molecule is CC1(C)C2CCC1(C)[C@]1(C2)c2ccccc2-c2c1ccc1c2N(c2ccccc2)c2cccc3c2B1c1ccccc1N3c1ccc2c(c1)-c1ccccc1[C@@]21C[C@H]2CCC1(C)C2(C)C. The molecule has 0 saturated heterocycles. The van der Waals surface area contributed by atoms with E-state index in [0.717, 1.165) is 5.92 Å². The second-order valence-electron chi connectivity index (χ2n) is 23.3. The third-order valence-corrected chi connectivity index (χ3v) is 21.5. The molecular weight excluding hydrogens is 784 g/mol. The Morgan fingerprint density at radius 1 is 0.446 bits per heavy atom. The number of rotatable bonds is 2. The van der Waals surface area contributed by atoms with Crippen LogP contribution in [-0.4, -0.2) is 6.71 Å². The quantitative estimate of drug-likeness (QED) is 0.160. The second kappa shape index (κ2) is 11.8. The lowest BCUT2D eigenvalue weighted by Crippen LogP contribution is -2.61. The number of hydrogen-bond acceptors (Lipinski definition) is 2. The van der Waals surface area contributed by atoms with Crippen molar-refractivity contribution >= 4 is 57.2 Å². The van der Waals surface area contributed by atoms with Gasteiger partial charge in [-0.1, -0.05) is 151 Å². The van der Waals surface area contributed by atoms with Crippen LogP contribution in [-0.2, 0) is 10.8 Å². The van der Waals surface area contributed by atoms with Crippen LogP contribution in [0.1, 0.15) is 102 Å². The van der Waals surface area contributed by atoms with Gasteiger partial charge in [0, 0.05) is 50.5 Å². The Hall–Kier alpha value is -5.80. The molecule has 0 aromatic heterocycles. The first kappa shape index (κ1) is 37.4. The topological polar surface area (TPSA) is 6.48 Å². The molecule has 6 atom stereocenters. The summed E-state index contributed by atoms with van der Waals surface area (Å²) < 4.78 is 0. The van der Waals surface area contributed by atoms with Crippen LogP contribution < -0.4 is 26.2 Å². The summed E-state index contributed by atoms with van der Waals surface area (Å²) in [4.78, 5) is 5.29. The number of benzene rings is 7. The van der Waals surface area contributed by atoms with Crippen LogP contribution in [0.4, 0.5) is 34.1 Å². The van der Waals surface area contributed by atoms with Crippen LogP contribution in [0, 0.1) is 33.5 Å². The van der Waals surface area contributed by atoms with Crippen LogP contribution in [0.3, 0.4) is 0 Å². The summed E-state index contributed by atoms with van der Waals surface area (Å²) in [5, 5.41) is 0. The van der Waals surface area contributed by atoms with Crippen LogP contribution in [0.5, 0.6) is 0 Å². The highest BCUT2D eigenvalue weighted by atomic mass is 15.2. The zero-order chi connectivity index (χ0) is 43.6. The van der Waals surface area contributed by atoms with E-state index < -0.39 is 0 Å². The van der Waals surface area contributed by atoms with Gasteiger partial charge in [0.2, 0.25) is 0 Å². The minimum atomic E-state index is -0.0118. The lowest BCUT2D eigenvalue weighted by molar-refractivity contribution is 0.0990. The average Bonchev–Trinajstić information content (AvgIpc) is 4.03. The van der Waals surface area contributed by atoms with E-state index in [4.69, 9.17) is 0 Å². The molecule has 0 amide bonds. The Balaban J connectivity index is 0.974. The van der Waals surface area contributed by atoms with Gasteiger partial charge in [-0.15, -0.1) is 0 Å². The molecule has 2 heterocycles. The Bertz CT molecular complexity index is 3270. The van der Waals surface area contributed by atoms with Crippen molar-refractivity contribution in [3.63, 3.8) is 0 Å². The third-order valence-electron chi connectivity index (χ3n) is 21.5. The van der Waals surface area contributed by atoms with E-state index in [0.29, 0.717) is 11.3 Å². The molecule has 3 heteroatoms. The van der Waals surface area contributed by atoms with Crippen molar-refractivity contribution in [1.29, 1.82) is 0 Å². The molecule has 0 radical (unpaired) electrons. The monoisotopic (exact) mass is 840 g/mol. The van der Waals surface area contributed by atoms with Crippen LogP contribution >= 0.6 is 0 Å². The van der Waals surface area contributed by atoms with Gasteiger partial charge in [-0.25, -0.2) is 0 Å². The highest BCUT2D eigenvalue weighted by Gasteiger charge is 2.73. The van der Waals surface area contributed by atoms with E-state index in [2.05, 4.69) is 203 Å². The van der Waals surface area contributed by atoms with Gasteiger partial charge in [0.1, 0.15) is 0 Å². The molecule has 2 aliphatic heterocycles. The molecule has 4 fully saturated rings. The molecule has 3 unspecified atom stereocenters. The van der Waals surface area contributed by atoms with Crippen molar-refractivity contribution < 1.29 is 0 Å². The van der Waals surface area contributed by atoms with Crippen LogP contribution in [0.25, 0.3) is 22.3 Å². The molecule has 8 aliphatic rings. The number of nitrogens with zero attached hydrogens (tertiary/aromatic N) is 2. The smallest absolute Gasteiger partial charge is 0.252 e. The largest absolute Gasteiger partial charge is 0.311 e. The van der Waals surface area contributed by atoms with Crippen molar-refractivity contribution in [3.05, 3.63) is 174 Å². The van der Waals surface area contributed by atoms with E-state index in [1.54, 1.807) is 22.3 Å². The highest BCUT2D eigenvalue weighted by molar-refractivity contribution is 7.00. The Morgan fingerprint density at radius 2 is 1.00 bits per heavy atom. The lowest BCUT2D eigenvalue weighted by atomic mass is 9.33. The maximum absolute atomic E-state index is 2.67. The maximum atomic E-state index is 2.67. The molecule has 4 saturated carbocycles. The zero-order valence-electron chi connectivity index (χ0n) is 38.8. The van der Waals surface area contributed by atoms with Gasteiger partial charge < -0.3 is 9.80 Å². The van der Waals surface area contributed by atoms with Gasteiger partial charge in [-0.2, -0.15) is 0 Å². The molecule has 2 nitrogen and oxygen atoms in total. The number of para-hydroxylation sites is 2. The predicted octanol–water partition coefficient (Wildman–Crippen LogP) is 14.0. The maximum Gasteiger partial charge on any atom is 0.252 e. The van der Waals surface area contributed by atoms with Gasteiger partial charge in [0.15, 0.2) is 0 Å². The van der Waals surface area contributed by atoms with Crippen LogP contribution in [0.2, 0.25) is 0 Å². The molecule has 4 bridgehead atoms. The van der Waals surface area contributed by atoms with E-state index in [9.17, 15) is 0 Å². The third kappa shape index (κ3) is 3.90. The molecule has 7 aromatic rings. The van der Waals surface area contributed by atoms with Crippen LogP contribution in [0.15, 0.2) is 152 Å². The van der Waals surface area contributed by atoms with Gasteiger partial charge in [0.05, 0.1) is 0 Å². The molecule has 7 aromatic carbocycles. The molecular formula is C62H57BN2. The summed E-state index contributed by atoms with van der Waals surface area (Å²) in [6, 6.07) is 59.7. The van der Waals surface area contributed by atoms with Gasteiger partial charge in [0.25, 0.3) is 6.71 Å². The second-order valence-corrected chi connectivity index (χ2v) is 23.3. The van der Waals surface area contributed by atoms with E-state index in [1.165, 1.54) is 111 Å². The molecule has 65 heavy (non-hydrogen) atoms. The summed E-state index contributed by atoms with van der Waals surface area (Å²) in [6.45, 7) is 15.7. The number of anilines is 6. The van der Waals surface area contributed by atoms with Gasteiger partial charge in [-0.3, -0.25) is 0 Å². The fourth-order valence-corrected chi connectivity index (χ4v) is 17.7. The Kier molecular flexibility index (Phi) is 6.78. The standard InChI is InChI=1S/C62H57BN2/c1-57(2)38-31-33-59(57,5)61(36-38)45-21-12-10-19-42(45)44-35-41(27-28-47(44)61)64-51-24-15-14-23-49(51)63-50-30-29-48-54(56(50)65(40-17-8-7-9-18-40)53-26-16-25-52(64)55(53)63)43-20-11-13-22-46(43)62(48)37-39-32-34-60(62,6)58(39,3)4/h7-30,35,38-39H,31-34,36-37H2,1-6H3/t38-,39?,59?,60?,61+,62-/m1/s1. The first-order valence-corrected chi connectivity index (χ1v) is 24.9. The van der Waals surface area contributed by atoms with Gasteiger partial charge >= 0.3 is 0 Å². The Morgan fingerprint density at radius 3 is 1.68 bits per heavy atom. The fourth-order valence-electron chi connectivity index (χ4n) is 17.7. The first-order valence-electron chi connectivity index (χ1n) is 24.9. The van der Waals surface area contributed by atoms with E-state index >= 15 is 0 Å². The van der Waals surface area contributed by atoms with E-state index in [1.807, 2.05) is 0 Å². The summed E-state index contributed by atoms with van der Waals surface area (Å²) in [6.07, 6.45) is 7.75. The fraction of sp³-hybridized carbons (Fsp3) is 0.323. The van der Waals surface area contributed by atoms with Gasteiger partial charge in [-0.05, 0) is 170 Å². The number of hydrogen-bond donors (Lipinski definition) is 0. The molecule has 2 spiro atoms. The normalized spacial score (nSPS) is 30.0. The molecule has 6 aliphatic carbocycles. The zero-order valence-corrected chi connectivity index (χ0v) is 38.8. The molecule has 0 N–H and O–H groups in total. The average molecular weight is 841 g/mol. The lowest BCUT2D eigenvalue weighted by Gasteiger charge is -2.49. The number of fused-ring (bicyclic) bond motifs is 21. The van der Waals surface area contributed by atoms with Crippen molar-refractivity contribution in [2.24, 2.45) is 33.5 Å². The van der Waals surface area contributed by atoms with Crippen molar-refractivity contribution in [2.75, 3.05) is 9.80 Å². The summed E-state index contributed by atoms with van der Waals surface area (Å²) in [7, 11) is 0. The molecule has 15 rings (SSSR count). The van der Waals surface area contributed by atoms with Crippen molar-refractivity contribution in [2.45, 2.75) is 90.9 Å². The minimum absolute atomic E-state index is 0.0118.